The number of phenolic OH excluding ortho intramolecular Hbond substituents is 1. The molecule has 8 atom stereocenters. The number of fused-ring (bicyclic) bond motifs is 7. The van der Waals surface area contributed by atoms with E-state index in [-0.39, 0.29) is 44.5 Å². The molecule has 2 unspecified atom stereocenters. The van der Waals surface area contributed by atoms with Crippen LogP contribution in [0.15, 0.2) is 34.7 Å². The highest BCUT2D eigenvalue weighted by Crippen LogP contribution is 2.67. The van der Waals surface area contributed by atoms with Crippen LogP contribution in [0.25, 0.3) is 11.0 Å². The van der Waals surface area contributed by atoms with E-state index in [9.17, 15) is 20.1 Å². The number of aromatic hydroxyl groups is 1. The molecule has 4 bridgehead atoms. The lowest BCUT2D eigenvalue weighted by Gasteiger charge is -2.60. The Balaban J connectivity index is 1.32. The van der Waals surface area contributed by atoms with Gasteiger partial charge in [-0.3, -0.25) is 19.9 Å². The van der Waals surface area contributed by atoms with Crippen LogP contribution >= 0.6 is 11.8 Å². The first-order valence-electron chi connectivity index (χ1n) is 18.4. The number of piperazine rings is 1. The van der Waals surface area contributed by atoms with Gasteiger partial charge in [-0.1, -0.05) is 24.3 Å². The summed E-state index contributed by atoms with van der Waals surface area (Å²) in [4.78, 5) is 30.4. The van der Waals surface area contributed by atoms with E-state index in [1.807, 2.05) is 54.1 Å². The van der Waals surface area contributed by atoms with Crippen LogP contribution in [-0.2, 0) is 32.0 Å². The predicted molar refractivity (Wildman–Crippen MR) is 197 cm³/mol. The summed E-state index contributed by atoms with van der Waals surface area (Å²) in [5.74, 6) is 0.561. The van der Waals surface area contributed by atoms with Gasteiger partial charge in [0.15, 0.2) is 28.8 Å². The summed E-state index contributed by atoms with van der Waals surface area (Å²) in [7, 11) is 3.42. The number of para-hydroxylation sites is 1. The molecule has 4 N–H and O–H groups in total. The Morgan fingerprint density at radius 1 is 1.11 bits per heavy atom. The Morgan fingerprint density at radius 2 is 1.89 bits per heavy atom. The first-order chi connectivity index (χ1) is 26.4. The van der Waals surface area contributed by atoms with E-state index >= 15 is 4.79 Å². The highest BCUT2D eigenvalue weighted by atomic mass is 32.2. The number of furan rings is 1. The van der Waals surface area contributed by atoms with E-state index in [1.54, 1.807) is 6.92 Å². The summed E-state index contributed by atoms with van der Waals surface area (Å²) < 4.78 is 37.2. The molecule has 8 aliphatic rings. The highest BCUT2D eigenvalue weighted by molar-refractivity contribution is 8.01. The molecule has 12 rings (SSSR count). The van der Waals surface area contributed by atoms with Gasteiger partial charge in [-0.25, -0.2) is 4.79 Å². The SMILES string of the molecule is COc1c(C)cc2c(c1O)[C@H]1[C@@H]3[C@@H]4S[C@]5(N[C@H](CO)Cc6c5oc5ccccc65)C(=O)OC[C@@H](c5c6c(c(C)c(OC(C)=O)c54)OCO6)N3C(O)(C2)CN1C. The van der Waals surface area contributed by atoms with Crippen molar-refractivity contribution in [2.75, 3.05) is 40.7 Å². The van der Waals surface area contributed by atoms with Gasteiger partial charge in [-0.05, 0) is 44.5 Å². The lowest BCUT2D eigenvalue weighted by molar-refractivity contribution is -0.213. The van der Waals surface area contributed by atoms with Crippen molar-refractivity contribution in [3.8, 4) is 28.7 Å². The first-order valence-corrected chi connectivity index (χ1v) is 19.3. The number of esters is 2. The zero-order valence-electron chi connectivity index (χ0n) is 30.9. The van der Waals surface area contributed by atoms with Gasteiger partial charge in [-0.2, -0.15) is 0 Å². The standard InChI is InChI=1S/C40H41N3O11S/c1-17-10-20-12-39(48)15-42(4)29(26(20)31(46)32(17)49-5)30-36-28-27(35-34(51-16-52-35)18(2)33(28)53-19(3)45)24(43(30)39)14-50-38(47)40(55-36)37-23(11-21(13-44)41-40)22-8-6-7-9-25(22)54-37/h6-10,21,24,29-30,36,41,44,46,48H,11-16H2,1-5H3/t21-,24-,29-,30+,36+,39?,40-/m0/s1. The third-order valence-electron chi connectivity index (χ3n) is 12.3. The van der Waals surface area contributed by atoms with Crippen LogP contribution in [-0.4, -0.2) is 95.6 Å². The maximum atomic E-state index is 15.1. The maximum absolute atomic E-state index is 15.1. The third kappa shape index (κ3) is 4.62. The summed E-state index contributed by atoms with van der Waals surface area (Å²) in [6, 6.07) is 6.82. The van der Waals surface area contributed by atoms with Gasteiger partial charge in [-0.15, -0.1) is 11.8 Å². The molecule has 2 saturated heterocycles. The molecule has 8 aliphatic heterocycles. The van der Waals surface area contributed by atoms with E-state index in [0.717, 1.165) is 22.1 Å². The van der Waals surface area contributed by atoms with E-state index in [4.69, 9.17) is 28.1 Å². The lowest BCUT2D eigenvalue weighted by atomic mass is 9.78. The van der Waals surface area contributed by atoms with Gasteiger partial charge in [0.25, 0.3) is 0 Å². The number of benzene rings is 3. The highest BCUT2D eigenvalue weighted by Gasteiger charge is 2.66. The van der Waals surface area contributed by atoms with Crippen LogP contribution in [0.1, 0.15) is 69.0 Å². The fourth-order valence-electron chi connectivity index (χ4n) is 10.4. The molecule has 0 radical (unpaired) electrons. The van der Waals surface area contributed by atoms with Crippen molar-refractivity contribution in [3.05, 3.63) is 75.0 Å². The molecule has 1 aromatic heterocycles. The number of rotatable bonds is 3. The monoisotopic (exact) mass is 771 g/mol. The van der Waals surface area contributed by atoms with Crippen molar-refractivity contribution in [2.45, 2.75) is 73.6 Å². The molecule has 0 aliphatic carbocycles. The van der Waals surface area contributed by atoms with Crippen LogP contribution < -0.4 is 24.3 Å². The summed E-state index contributed by atoms with van der Waals surface area (Å²) in [5, 5.41) is 39.5. The molecule has 3 aromatic carbocycles. The molecule has 1 spiro atoms. The van der Waals surface area contributed by atoms with Crippen molar-refractivity contribution in [2.24, 2.45) is 0 Å². The molecule has 0 amide bonds. The van der Waals surface area contributed by atoms with Crippen molar-refractivity contribution < 1.29 is 53.0 Å². The molecule has 0 saturated carbocycles. The zero-order valence-corrected chi connectivity index (χ0v) is 31.7. The zero-order chi connectivity index (χ0) is 38.3. The quantitative estimate of drug-likeness (QED) is 0.175. The van der Waals surface area contributed by atoms with Gasteiger partial charge in [0.05, 0.1) is 31.1 Å². The fraction of sp³-hybridized carbons (Fsp3) is 0.450. The molecule has 9 heterocycles. The number of aryl methyl sites for hydroxylation is 1. The van der Waals surface area contributed by atoms with Crippen molar-refractivity contribution >= 4 is 34.7 Å². The largest absolute Gasteiger partial charge is 0.504 e. The van der Waals surface area contributed by atoms with Gasteiger partial charge in [0, 0.05) is 65.2 Å². The van der Waals surface area contributed by atoms with Crippen molar-refractivity contribution in [1.82, 2.24) is 15.1 Å². The molecular formula is C40H41N3O11S. The van der Waals surface area contributed by atoms with E-state index in [1.165, 1.54) is 25.8 Å². The number of methoxy groups -OCH3 is 1. The first kappa shape index (κ1) is 34.9. The lowest BCUT2D eigenvalue weighted by Crippen LogP contribution is -2.69. The van der Waals surface area contributed by atoms with E-state index in [2.05, 4.69) is 5.32 Å². The summed E-state index contributed by atoms with van der Waals surface area (Å²) in [6.07, 6.45) is 0.529. The normalized spacial score (nSPS) is 31.4. The number of ether oxygens (including phenoxy) is 5. The predicted octanol–water partition coefficient (Wildman–Crippen LogP) is 3.77. The average molecular weight is 772 g/mol. The van der Waals surface area contributed by atoms with Crippen LogP contribution in [0.4, 0.5) is 0 Å². The number of carbonyl (C=O) groups excluding carboxylic acids is 2. The van der Waals surface area contributed by atoms with Crippen molar-refractivity contribution in [1.29, 1.82) is 0 Å². The Labute approximate surface area is 320 Å². The molecular weight excluding hydrogens is 731 g/mol. The number of carbonyl (C=O) groups is 2. The number of hydrogen-bond donors (Lipinski definition) is 4. The maximum Gasteiger partial charge on any atom is 0.345 e. The number of hydrogen-bond acceptors (Lipinski definition) is 15. The van der Waals surface area contributed by atoms with Crippen LogP contribution in [0.3, 0.4) is 0 Å². The Bertz CT molecular complexity index is 2350. The van der Waals surface area contributed by atoms with Gasteiger partial charge < -0.3 is 43.4 Å². The third-order valence-corrected chi connectivity index (χ3v) is 13.9. The minimum atomic E-state index is -1.73. The second-order valence-electron chi connectivity index (χ2n) is 15.5. The minimum Gasteiger partial charge on any atom is -0.504 e. The van der Waals surface area contributed by atoms with Crippen LogP contribution in [0.5, 0.6) is 28.7 Å². The molecule has 2 fully saturated rings. The number of thioether (sulfide) groups is 1. The Hall–Kier alpha value is -4.51. The second-order valence-corrected chi connectivity index (χ2v) is 16.8. The smallest absolute Gasteiger partial charge is 0.345 e. The molecule has 14 nitrogen and oxygen atoms in total. The number of nitrogens with zero attached hydrogens (tertiary/aromatic N) is 2. The number of likely N-dealkylation sites (N-methyl/N-ethyl adjacent to an activating group) is 1. The summed E-state index contributed by atoms with van der Waals surface area (Å²) >= 11 is 1.22. The molecule has 15 heteroatoms. The van der Waals surface area contributed by atoms with Gasteiger partial charge >= 0.3 is 11.9 Å². The Kier molecular flexibility index (Phi) is 7.62. The topological polar surface area (TPSA) is 173 Å². The molecule has 288 valence electrons. The van der Waals surface area contributed by atoms with E-state index in [0.29, 0.717) is 57.3 Å². The number of aliphatic hydroxyl groups excluding tert-OH is 1. The summed E-state index contributed by atoms with van der Waals surface area (Å²) in [5.41, 5.74) is 3.58. The number of aliphatic hydroxyl groups is 2. The minimum absolute atomic E-state index is 0.0266. The van der Waals surface area contributed by atoms with E-state index < -0.39 is 52.0 Å². The summed E-state index contributed by atoms with van der Waals surface area (Å²) in [6.45, 7) is 4.58. The van der Waals surface area contributed by atoms with Crippen LogP contribution in [0, 0.1) is 13.8 Å². The number of nitrogens with one attached hydrogen (secondary N) is 1. The Morgan fingerprint density at radius 3 is 2.65 bits per heavy atom. The molecule has 4 aromatic rings. The van der Waals surface area contributed by atoms with Gasteiger partial charge in [0.2, 0.25) is 11.7 Å². The fourth-order valence-corrected chi connectivity index (χ4v) is 12.2. The average Bonchev–Trinajstić information content (AvgIpc) is 3.76. The molecule has 55 heavy (non-hydrogen) atoms. The van der Waals surface area contributed by atoms with Crippen LogP contribution in [0.2, 0.25) is 0 Å². The van der Waals surface area contributed by atoms with Gasteiger partial charge in [0.1, 0.15) is 23.7 Å². The van der Waals surface area contributed by atoms with Crippen molar-refractivity contribution in [3.63, 3.8) is 0 Å². The second kappa shape index (κ2) is 12.0. The number of phenols is 1.